The quantitative estimate of drug-likeness (QED) is 0.162. The Morgan fingerprint density at radius 3 is 1.59 bits per heavy atom. The second-order valence-electron chi connectivity index (χ2n) is 16.3. The van der Waals surface area contributed by atoms with Gasteiger partial charge in [-0.25, -0.2) is 15.0 Å². The Morgan fingerprint density at radius 1 is 0.270 bits per heavy atom. The number of hydrogen-bond donors (Lipinski definition) is 0. The van der Waals surface area contributed by atoms with Crippen molar-refractivity contribution in [3.05, 3.63) is 212 Å². The molecular weight excluding hydrogens is 783 g/mol. The first kappa shape index (κ1) is 35.7. The maximum Gasteiger partial charge on any atom is 0.165 e. The van der Waals surface area contributed by atoms with E-state index in [9.17, 15) is 0 Å². The molecular formula is C59H35N3S. The summed E-state index contributed by atoms with van der Waals surface area (Å²) in [5.41, 5.74) is 7.48. The number of hydrogen-bond acceptors (Lipinski definition) is 4. The topological polar surface area (TPSA) is 38.7 Å². The van der Waals surface area contributed by atoms with Crippen molar-refractivity contribution in [2.24, 2.45) is 0 Å². The van der Waals surface area contributed by atoms with Gasteiger partial charge in [0, 0.05) is 42.2 Å². The van der Waals surface area contributed by atoms with Crippen molar-refractivity contribution in [1.82, 2.24) is 15.0 Å². The molecule has 0 unspecified atom stereocenters. The molecule has 0 aliphatic carbocycles. The van der Waals surface area contributed by atoms with Gasteiger partial charge in [-0.2, -0.15) is 0 Å². The molecule has 0 aliphatic rings. The zero-order valence-corrected chi connectivity index (χ0v) is 34.8. The summed E-state index contributed by atoms with van der Waals surface area (Å²) >= 11 is 1.84. The zero-order valence-electron chi connectivity index (χ0n) is 34.0. The van der Waals surface area contributed by atoms with Crippen molar-refractivity contribution in [2.45, 2.75) is 0 Å². The second kappa shape index (κ2) is 14.3. The van der Waals surface area contributed by atoms with Crippen LogP contribution < -0.4 is 0 Å². The lowest BCUT2D eigenvalue weighted by molar-refractivity contribution is 1.08. The monoisotopic (exact) mass is 817 g/mol. The highest BCUT2D eigenvalue weighted by atomic mass is 32.1. The summed E-state index contributed by atoms with van der Waals surface area (Å²) < 4.78 is 2.44. The van der Waals surface area contributed by atoms with E-state index in [1.165, 1.54) is 74.2 Å². The van der Waals surface area contributed by atoms with Gasteiger partial charge in [0.25, 0.3) is 0 Å². The number of rotatable bonds is 5. The van der Waals surface area contributed by atoms with Crippen LogP contribution in [0.25, 0.3) is 130 Å². The number of nitrogens with zero attached hydrogens (tertiary/aromatic N) is 3. The molecule has 2 heterocycles. The van der Waals surface area contributed by atoms with E-state index >= 15 is 0 Å². The molecule has 0 saturated carbocycles. The highest BCUT2D eigenvalue weighted by molar-refractivity contribution is 7.26. The molecule has 0 atom stereocenters. The predicted octanol–water partition coefficient (Wildman–Crippen LogP) is 16.3. The summed E-state index contributed by atoms with van der Waals surface area (Å²) in [6, 6.07) is 76.3. The van der Waals surface area contributed by atoms with E-state index in [0.29, 0.717) is 17.5 Å². The SMILES string of the molecule is c1ccc(-c2cccc(-c3nc(-c4ccc(-c5cccc6ccccc56)cc4)nc(-c4c5c(cc6c7ccccc7c7ccccc7c46)sc4cc6ccccc6cc45)n3)c2)cc1. The van der Waals surface area contributed by atoms with Crippen LogP contribution in [0.5, 0.6) is 0 Å². The number of benzene rings is 11. The largest absolute Gasteiger partial charge is 0.208 e. The molecule has 13 rings (SSSR count). The minimum Gasteiger partial charge on any atom is -0.208 e. The van der Waals surface area contributed by atoms with E-state index in [1.807, 2.05) is 11.3 Å². The van der Waals surface area contributed by atoms with Crippen molar-refractivity contribution < 1.29 is 0 Å². The average Bonchev–Trinajstić information content (AvgIpc) is 3.71. The zero-order chi connectivity index (χ0) is 41.4. The van der Waals surface area contributed by atoms with Crippen LogP contribution in [0.1, 0.15) is 0 Å². The molecule has 63 heavy (non-hydrogen) atoms. The number of thiophene rings is 1. The maximum atomic E-state index is 5.55. The van der Waals surface area contributed by atoms with Crippen LogP contribution in [0.3, 0.4) is 0 Å². The van der Waals surface area contributed by atoms with Gasteiger partial charge < -0.3 is 0 Å². The lowest BCUT2D eigenvalue weighted by atomic mass is 9.89. The van der Waals surface area contributed by atoms with Crippen molar-refractivity contribution in [3.8, 4) is 56.4 Å². The third-order valence-electron chi connectivity index (χ3n) is 12.7. The van der Waals surface area contributed by atoms with Crippen LogP contribution in [0.15, 0.2) is 212 Å². The normalized spacial score (nSPS) is 11.8. The van der Waals surface area contributed by atoms with E-state index in [-0.39, 0.29) is 0 Å². The van der Waals surface area contributed by atoms with Crippen LogP contribution in [-0.2, 0) is 0 Å². The fourth-order valence-corrected chi connectivity index (χ4v) is 10.9. The Balaban J connectivity index is 1.13. The Kier molecular flexibility index (Phi) is 8.08. The van der Waals surface area contributed by atoms with E-state index in [0.717, 1.165) is 38.8 Å². The first-order valence-electron chi connectivity index (χ1n) is 21.3. The summed E-state index contributed by atoms with van der Waals surface area (Å²) in [5.74, 6) is 1.91. The van der Waals surface area contributed by atoms with Crippen molar-refractivity contribution in [2.75, 3.05) is 0 Å². The molecule has 2 aromatic heterocycles. The van der Waals surface area contributed by atoms with E-state index in [2.05, 4.69) is 212 Å². The van der Waals surface area contributed by atoms with Gasteiger partial charge >= 0.3 is 0 Å². The van der Waals surface area contributed by atoms with Crippen LogP contribution >= 0.6 is 11.3 Å². The number of aromatic nitrogens is 3. The number of fused-ring (bicyclic) bond motifs is 11. The smallest absolute Gasteiger partial charge is 0.165 e. The molecule has 292 valence electrons. The van der Waals surface area contributed by atoms with Crippen LogP contribution in [0.4, 0.5) is 0 Å². The van der Waals surface area contributed by atoms with Crippen molar-refractivity contribution in [1.29, 1.82) is 0 Å². The lowest BCUT2D eigenvalue weighted by Crippen LogP contribution is -2.01. The average molecular weight is 818 g/mol. The van der Waals surface area contributed by atoms with Gasteiger partial charge in [-0.1, -0.05) is 188 Å². The molecule has 3 nitrogen and oxygen atoms in total. The maximum absolute atomic E-state index is 5.55. The first-order valence-corrected chi connectivity index (χ1v) is 22.2. The third kappa shape index (κ3) is 5.84. The van der Waals surface area contributed by atoms with Gasteiger partial charge in [0.2, 0.25) is 0 Å². The molecule has 0 bridgehead atoms. The Hall–Kier alpha value is -8.05. The van der Waals surface area contributed by atoms with Gasteiger partial charge in [0.15, 0.2) is 17.5 Å². The summed E-state index contributed by atoms with van der Waals surface area (Å²) in [7, 11) is 0. The minimum absolute atomic E-state index is 0.629. The molecule has 13 aromatic rings. The molecule has 0 N–H and O–H groups in total. The standard InChI is InChI=1S/C59H35N3S/c1-2-14-36(15-3-1)40-20-12-21-43(32-40)58-60-57(39-30-28-38(29-31-39)45-27-13-19-37-16-6-7-22-44(37)45)61-59(62-58)56-54-49-26-11-10-24-47(49)46-23-8-9-25-48(46)50(54)35-53-55(56)51-33-41-17-4-5-18-42(41)34-52(51)63-53/h1-35H. The Labute approximate surface area is 367 Å². The van der Waals surface area contributed by atoms with Crippen molar-refractivity contribution >= 4 is 85.4 Å². The van der Waals surface area contributed by atoms with Gasteiger partial charge in [0.1, 0.15) is 0 Å². The first-order chi connectivity index (χ1) is 31.2. The third-order valence-corrected chi connectivity index (χ3v) is 13.8. The van der Waals surface area contributed by atoms with Gasteiger partial charge in [-0.05, 0) is 95.0 Å². The summed E-state index contributed by atoms with van der Waals surface area (Å²) in [4.78, 5) is 16.4. The summed E-state index contributed by atoms with van der Waals surface area (Å²) in [6.07, 6.45) is 0. The fraction of sp³-hybridized carbons (Fsp3) is 0. The van der Waals surface area contributed by atoms with E-state index in [4.69, 9.17) is 15.0 Å². The Morgan fingerprint density at radius 2 is 0.810 bits per heavy atom. The minimum atomic E-state index is 0.629. The predicted molar refractivity (Wildman–Crippen MR) is 267 cm³/mol. The second-order valence-corrected chi connectivity index (χ2v) is 17.4. The Bertz CT molecular complexity index is 3960. The molecule has 4 heteroatoms. The van der Waals surface area contributed by atoms with Gasteiger partial charge in [-0.3, -0.25) is 0 Å². The molecule has 0 fully saturated rings. The molecule has 11 aromatic carbocycles. The van der Waals surface area contributed by atoms with Crippen LogP contribution in [0, 0.1) is 0 Å². The summed E-state index contributed by atoms with van der Waals surface area (Å²) in [6.45, 7) is 0. The highest BCUT2D eigenvalue weighted by Gasteiger charge is 2.24. The van der Waals surface area contributed by atoms with Gasteiger partial charge in [-0.15, -0.1) is 11.3 Å². The highest BCUT2D eigenvalue weighted by Crippen LogP contribution is 2.49. The fourth-order valence-electron chi connectivity index (χ4n) is 9.72. The molecule has 0 saturated heterocycles. The van der Waals surface area contributed by atoms with E-state index in [1.54, 1.807) is 0 Å². The van der Waals surface area contributed by atoms with Gasteiger partial charge in [0.05, 0.1) is 0 Å². The molecule has 0 radical (unpaired) electrons. The van der Waals surface area contributed by atoms with Crippen LogP contribution in [0.2, 0.25) is 0 Å². The molecule has 0 amide bonds. The lowest BCUT2D eigenvalue weighted by Gasteiger charge is -2.16. The molecule has 0 aliphatic heterocycles. The van der Waals surface area contributed by atoms with Crippen molar-refractivity contribution in [3.63, 3.8) is 0 Å². The van der Waals surface area contributed by atoms with Crippen LogP contribution in [-0.4, -0.2) is 15.0 Å². The molecule has 0 spiro atoms. The van der Waals surface area contributed by atoms with E-state index < -0.39 is 0 Å². The summed E-state index contributed by atoms with van der Waals surface area (Å²) in [5, 5.41) is 14.4.